The molecule has 1 aliphatic rings. The van der Waals surface area contributed by atoms with Crippen LogP contribution in [-0.4, -0.2) is 12.6 Å². The Morgan fingerprint density at radius 1 is 1.05 bits per heavy atom. The van der Waals surface area contributed by atoms with E-state index in [0.29, 0.717) is 23.5 Å². The largest absolute Gasteiger partial charge is 0.426 e. The van der Waals surface area contributed by atoms with Crippen LogP contribution in [-0.2, 0) is 15.4 Å². The fraction of sp³-hybridized carbons (Fsp3) is 0.235. The van der Waals surface area contributed by atoms with Crippen molar-refractivity contribution >= 4 is 5.97 Å². The summed E-state index contributed by atoms with van der Waals surface area (Å²) in [6.07, 6.45) is 0.791. The Hall–Kier alpha value is -2.33. The molecular formula is C17H16O4. The maximum Gasteiger partial charge on any atom is 0.404 e. The van der Waals surface area contributed by atoms with Crippen LogP contribution in [0, 0.1) is 0 Å². The number of para-hydroxylation sites is 1. The second kappa shape index (κ2) is 5.58. The summed E-state index contributed by atoms with van der Waals surface area (Å²) in [6, 6.07) is 16.3. The van der Waals surface area contributed by atoms with Crippen LogP contribution in [0.15, 0.2) is 54.6 Å². The highest BCUT2D eigenvalue weighted by molar-refractivity contribution is 5.94. The number of hydrogen-bond acceptors (Lipinski definition) is 4. The summed E-state index contributed by atoms with van der Waals surface area (Å²) in [5, 5.41) is 0. The molecule has 1 aliphatic heterocycles. The fourth-order valence-corrected chi connectivity index (χ4v) is 2.25. The van der Waals surface area contributed by atoms with E-state index in [0.717, 1.165) is 6.42 Å². The zero-order valence-electron chi connectivity index (χ0n) is 11.7. The molecule has 1 atom stereocenters. The van der Waals surface area contributed by atoms with Gasteiger partial charge in [-0.25, -0.2) is 4.79 Å². The van der Waals surface area contributed by atoms with Gasteiger partial charge in [0.05, 0.1) is 17.7 Å². The van der Waals surface area contributed by atoms with Crippen molar-refractivity contribution in [3.8, 4) is 5.75 Å². The van der Waals surface area contributed by atoms with E-state index < -0.39 is 11.9 Å². The third kappa shape index (κ3) is 2.50. The Morgan fingerprint density at radius 2 is 1.76 bits per heavy atom. The number of carbonyl (C=O) groups is 1. The van der Waals surface area contributed by atoms with Crippen molar-refractivity contribution in [2.24, 2.45) is 0 Å². The van der Waals surface area contributed by atoms with E-state index in [1.54, 1.807) is 30.3 Å². The van der Waals surface area contributed by atoms with E-state index in [-0.39, 0.29) is 0 Å². The molecule has 21 heavy (non-hydrogen) atoms. The maximum absolute atomic E-state index is 12.1. The zero-order chi connectivity index (χ0) is 14.7. The van der Waals surface area contributed by atoms with Crippen LogP contribution in [0.4, 0.5) is 0 Å². The summed E-state index contributed by atoms with van der Waals surface area (Å²) in [7, 11) is 0. The highest BCUT2D eigenvalue weighted by atomic mass is 16.9. The van der Waals surface area contributed by atoms with Gasteiger partial charge in [0.15, 0.2) is 0 Å². The lowest BCUT2D eigenvalue weighted by Gasteiger charge is -2.28. The lowest BCUT2D eigenvalue weighted by molar-refractivity contribution is -0.320. The van der Waals surface area contributed by atoms with Gasteiger partial charge in [-0.15, -0.1) is 0 Å². The average molecular weight is 284 g/mol. The molecule has 2 aromatic carbocycles. The molecule has 0 bridgehead atoms. The molecule has 2 aromatic rings. The van der Waals surface area contributed by atoms with Gasteiger partial charge in [0.25, 0.3) is 0 Å². The average Bonchev–Trinajstić information content (AvgIpc) is 2.80. The molecule has 3 rings (SSSR count). The van der Waals surface area contributed by atoms with Gasteiger partial charge in [0, 0.05) is 0 Å². The van der Waals surface area contributed by atoms with Crippen LogP contribution >= 0.6 is 0 Å². The summed E-state index contributed by atoms with van der Waals surface area (Å²) >= 11 is 0. The summed E-state index contributed by atoms with van der Waals surface area (Å²) in [5.74, 6) is -1.35. The number of cyclic esters (lactones) is 1. The molecule has 0 radical (unpaired) electrons. The predicted molar refractivity (Wildman–Crippen MR) is 76.8 cm³/mol. The second-order valence-corrected chi connectivity index (χ2v) is 4.75. The zero-order valence-corrected chi connectivity index (χ0v) is 11.7. The third-order valence-electron chi connectivity index (χ3n) is 3.20. The van der Waals surface area contributed by atoms with Crippen LogP contribution in [0.5, 0.6) is 5.75 Å². The molecule has 1 heterocycles. The van der Waals surface area contributed by atoms with Crippen molar-refractivity contribution in [3.05, 3.63) is 65.7 Å². The molecule has 108 valence electrons. The van der Waals surface area contributed by atoms with E-state index in [4.69, 9.17) is 14.2 Å². The summed E-state index contributed by atoms with van der Waals surface area (Å²) in [5.41, 5.74) is 1.08. The normalized spacial score (nSPS) is 20.0. The van der Waals surface area contributed by atoms with Crippen molar-refractivity contribution < 1.29 is 19.0 Å². The predicted octanol–water partition coefficient (Wildman–Crippen LogP) is 3.47. The molecule has 0 fully saturated rings. The van der Waals surface area contributed by atoms with Crippen molar-refractivity contribution in [3.63, 3.8) is 0 Å². The molecule has 0 amide bonds. The minimum absolute atomic E-state index is 0.425. The van der Waals surface area contributed by atoms with Gasteiger partial charge < -0.3 is 14.2 Å². The molecule has 1 unspecified atom stereocenters. The smallest absolute Gasteiger partial charge is 0.404 e. The molecule has 4 heteroatoms. The highest BCUT2D eigenvalue weighted by Gasteiger charge is 2.49. The Morgan fingerprint density at radius 3 is 2.52 bits per heavy atom. The lowest BCUT2D eigenvalue weighted by atomic mass is 10.1. The van der Waals surface area contributed by atoms with Crippen LogP contribution in [0.2, 0.25) is 0 Å². The van der Waals surface area contributed by atoms with E-state index in [1.807, 2.05) is 31.2 Å². The van der Waals surface area contributed by atoms with Gasteiger partial charge in [0.2, 0.25) is 0 Å². The first-order valence-electron chi connectivity index (χ1n) is 6.96. The molecule has 0 aliphatic carbocycles. The van der Waals surface area contributed by atoms with Crippen LogP contribution in [0.1, 0.15) is 29.3 Å². The number of ether oxygens (including phenoxy) is 3. The Kier molecular flexibility index (Phi) is 3.62. The van der Waals surface area contributed by atoms with Gasteiger partial charge in [-0.05, 0) is 30.7 Å². The third-order valence-corrected chi connectivity index (χ3v) is 3.20. The van der Waals surface area contributed by atoms with Gasteiger partial charge in [-0.3, -0.25) is 0 Å². The van der Waals surface area contributed by atoms with Crippen molar-refractivity contribution in [2.75, 3.05) is 6.61 Å². The first kappa shape index (κ1) is 13.6. The quantitative estimate of drug-likeness (QED) is 0.623. The molecule has 0 saturated carbocycles. The molecule has 4 nitrogen and oxygen atoms in total. The number of benzene rings is 2. The standard InChI is InChI=1S/C17H16O4/c1-2-12-19-17(20-13-8-4-3-5-9-13)15-11-7-6-10-14(15)16(18)21-17/h3-11H,2,12H2,1H3. The van der Waals surface area contributed by atoms with Crippen molar-refractivity contribution in [1.82, 2.24) is 0 Å². The van der Waals surface area contributed by atoms with Crippen LogP contribution in [0.3, 0.4) is 0 Å². The number of hydrogen-bond donors (Lipinski definition) is 0. The molecule has 0 N–H and O–H groups in total. The first-order chi connectivity index (χ1) is 10.2. The minimum atomic E-state index is -1.50. The van der Waals surface area contributed by atoms with Gasteiger partial charge in [-0.1, -0.05) is 37.3 Å². The van der Waals surface area contributed by atoms with Crippen LogP contribution < -0.4 is 4.74 Å². The number of fused-ring (bicyclic) bond motifs is 1. The molecular weight excluding hydrogens is 268 g/mol. The Bertz CT molecular complexity index is 638. The molecule has 0 spiro atoms. The minimum Gasteiger partial charge on any atom is -0.426 e. The van der Waals surface area contributed by atoms with Gasteiger partial charge in [-0.2, -0.15) is 0 Å². The van der Waals surface area contributed by atoms with E-state index in [2.05, 4.69) is 0 Å². The highest BCUT2D eigenvalue weighted by Crippen LogP contribution is 2.39. The van der Waals surface area contributed by atoms with Crippen molar-refractivity contribution in [2.45, 2.75) is 19.3 Å². The number of esters is 1. The summed E-state index contributed by atoms with van der Waals surface area (Å²) in [6.45, 7) is 2.41. The van der Waals surface area contributed by atoms with E-state index >= 15 is 0 Å². The number of rotatable bonds is 5. The molecule has 0 saturated heterocycles. The Balaban J connectivity index is 2.01. The maximum atomic E-state index is 12.1. The van der Waals surface area contributed by atoms with E-state index in [9.17, 15) is 4.79 Å². The second-order valence-electron chi connectivity index (χ2n) is 4.75. The lowest BCUT2D eigenvalue weighted by Crippen LogP contribution is -2.37. The molecule has 0 aromatic heterocycles. The van der Waals surface area contributed by atoms with E-state index in [1.165, 1.54) is 0 Å². The SMILES string of the molecule is CCCOC1(Oc2ccccc2)OC(=O)c2ccccc21. The monoisotopic (exact) mass is 284 g/mol. The first-order valence-corrected chi connectivity index (χ1v) is 6.96. The van der Waals surface area contributed by atoms with Crippen LogP contribution in [0.25, 0.3) is 0 Å². The number of carbonyl (C=O) groups excluding carboxylic acids is 1. The summed E-state index contributed by atoms with van der Waals surface area (Å²) in [4.78, 5) is 12.1. The van der Waals surface area contributed by atoms with Gasteiger partial charge >= 0.3 is 11.9 Å². The summed E-state index contributed by atoms with van der Waals surface area (Å²) < 4.78 is 17.1. The van der Waals surface area contributed by atoms with Crippen molar-refractivity contribution in [1.29, 1.82) is 0 Å². The van der Waals surface area contributed by atoms with Gasteiger partial charge in [0.1, 0.15) is 5.75 Å². The Labute approximate surface area is 123 Å². The topological polar surface area (TPSA) is 44.8 Å². The fourth-order valence-electron chi connectivity index (χ4n) is 2.25.